The maximum atomic E-state index is 12.7. The second kappa shape index (κ2) is 6.96. The fourth-order valence-corrected chi connectivity index (χ4v) is 1.86. The lowest BCUT2D eigenvalue weighted by Crippen LogP contribution is -2.30. The summed E-state index contributed by atoms with van der Waals surface area (Å²) in [5.41, 5.74) is -1.21. The van der Waals surface area contributed by atoms with Crippen LogP contribution in [-0.2, 0) is 15.7 Å². The van der Waals surface area contributed by atoms with Crippen molar-refractivity contribution in [3.05, 3.63) is 52.9 Å². The Bertz CT molecular complexity index is 744. The van der Waals surface area contributed by atoms with Gasteiger partial charge in [0.05, 0.1) is 22.5 Å². The van der Waals surface area contributed by atoms with E-state index in [1.807, 2.05) is 0 Å². The fraction of sp³-hybridized carbons (Fsp3) is 0.200. The van der Waals surface area contributed by atoms with Crippen molar-refractivity contribution in [2.24, 2.45) is 0 Å². The first kappa shape index (κ1) is 17.9. The minimum absolute atomic E-state index is 0.0825. The van der Waals surface area contributed by atoms with E-state index in [2.05, 4.69) is 5.32 Å². The third kappa shape index (κ3) is 4.29. The molecular formula is C15H11ClF3NO4. The Labute approximate surface area is 139 Å². The Morgan fingerprint density at radius 1 is 1.29 bits per heavy atom. The van der Waals surface area contributed by atoms with Gasteiger partial charge in [-0.05, 0) is 37.3 Å². The number of rotatable bonds is 4. The number of esters is 1. The van der Waals surface area contributed by atoms with Crippen LogP contribution >= 0.6 is 11.6 Å². The Kier molecular flexibility index (Phi) is 5.18. The summed E-state index contributed by atoms with van der Waals surface area (Å²) in [6.45, 7) is 1.26. The molecule has 0 aliphatic carbocycles. The van der Waals surface area contributed by atoms with Crippen molar-refractivity contribution in [1.82, 2.24) is 0 Å². The zero-order valence-corrected chi connectivity index (χ0v) is 12.9. The Morgan fingerprint density at radius 2 is 2.00 bits per heavy atom. The normalized spacial score (nSPS) is 12.5. The summed E-state index contributed by atoms with van der Waals surface area (Å²) in [4.78, 5) is 23.6. The molecule has 9 heteroatoms. The van der Waals surface area contributed by atoms with Gasteiger partial charge < -0.3 is 14.5 Å². The van der Waals surface area contributed by atoms with Crippen molar-refractivity contribution >= 4 is 29.2 Å². The lowest BCUT2D eigenvalue weighted by Gasteiger charge is -2.15. The maximum absolute atomic E-state index is 12.7. The molecule has 1 aromatic carbocycles. The molecule has 1 heterocycles. The first-order chi connectivity index (χ1) is 11.2. The number of anilines is 1. The van der Waals surface area contributed by atoms with Crippen LogP contribution in [0.1, 0.15) is 23.0 Å². The molecule has 0 radical (unpaired) electrons. The van der Waals surface area contributed by atoms with Crippen LogP contribution in [0.2, 0.25) is 5.02 Å². The predicted octanol–water partition coefficient (Wildman–Crippen LogP) is 4.14. The summed E-state index contributed by atoms with van der Waals surface area (Å²) >= 11 is 5.78. The molecule has 1 N–H and O–H groups in total. The second-order valence-corrected chi connectivity index (χ2v) is 5.11. The van der Waals surface area contributed by atoms with Gasteiger partial charge in [0, 0.05) is 0 Å². The molecule has 0 aliphatic rings. The van der Waals surface area contributed by atoms with Crippen LogP contribution in [0.3, 0.4) is 0 Å². The molecule has 5 nitrogen and oxygen atoms in total. The molecule has 0 saturated heterocycles. The van der Waals surface area contributed by atoms with Crippen molar-refractivity contribution in [3.63, 3.8) is 0 Å². The molecule has 2 aromatic rings. The van der Waals surface area contributed by atoms with E-state index in [0.717, 1.165) is 12.1 Å². The van der Waals surface area contributed by atoms with Crippen molar-refractivity contribution in [1.29, 1.82) is 0 Å². The third-order valence-electron chi connectivity index (χ3n) is 2.93. The number of hydrogen-bond acceptors (Lipinski definition) is 4. The van der Waals surface area contributed by atoms with Gasteiger partial charge in [-0.15, -0.1) is 0 Å². The number of halogens is 4. The number of carbonyl (C=O) groups is 2. The van der Waals surface area contributed by atoms with E-state index < -0.39 is 29.7 Å². The largest absolute Gasteiger partial charge is 0.457 e. The quantitative estimate of drug-likeness (QED) is 0.831. The van der Waals surface area contributed by atoms with Gasteiger partial charge >= 0.3 is 12.1 Å². The van der Waals surface area contributed by atoms with E-state index in [1.165, 1.54) is 25.3 Å². The summed E-state index contributed by atoms with van der Waals surface area (Å²) < 4.78 is 47.7. The number of furan rings is 1. The highest BCUT2D eigenvalue weighted by Gasteiger charge is 2.31. The monoisotopic (exact) mass is 361 g/mol. The summed E-state index contributed by atoms with van der Waals surface area (Å²) in [5.74, 6) is -1.82. The van der Waals surface area contributed by atoms with Crippen molar-refractivity contribution in [2.75, 3.05) is 5.32 Å². The van der Waals surface area contributed by atoms with E-state index >= 15 is 0 Å². The number of benzene rings is 1. The summed E-state index contributed by atoms with van der Waals surface area (Å²) in [7, 11) is 0. The minimum Gasteiger partial charge on any atom is -0.457 e. The molecular weight excluding hydrogens is 351 g/mol. The minimum atomic E-state index is -4.58. The lowest BCUT2D eigenvalue weighted by atomic mass is 10.2. The Morgan fingerprint density at radius 3 is 2.58 bits per heavy atom. The Hall–Kier alpha value is -2.48. The molecule has 1 amide bonds. The number of amides is 1. The van der Waals surface area contributed by atoms with E-state index in [4.69, 9.17) is 20.8 Å². The number of ether oxygens (including phenoxy) is 1. The molecule has 0 bridgehead atoms. The van der Waals surface area contributed by atoms with Gasteiger partial charge in [0.1, 0.15) is 0 Å². The first-order valence-electron chi connectivity index (χ1n) is 6.60. The number of nitrogens with one attached hydrogen (secondary N) is 1. The number of hydrogen-bond donors (Lipinski definition) is 1. The summed E-state index contributed by atoms with van der Waals surface area (Å²) in [5, 5.41) is 2.11. The number of carbonyl (C=O) groups excluding carboxylic acids is 2. The molecule has 0 fully saturated rings. The highest BCUT2D eigenvalue weighted by Crippen LogP contribution is 2.33. The molecule has 0 spiro atoms. The van der Waals surface area contributed by atoms with Gasteiger partial charge in [0.2, 0.25) is 5.76 Å². The highest BCUT2D eigenvalue weighted by molar-refractivity contribution is 6.33. The molecule has 0 unspecified atom stereocenters. The molecule has 128 valence electrons. The topological polar surface area (TPSA) is 68.5 Å². The van der Waals surface area contributed by atoms with E-state index in [0.29, 0.717) is 6.07 Å². The van der Waals surface area contributed by atoms with Gasteiger partial charge in [-0.25, -0.2) is 4.79 Å². The van der Waals surface area contributed by atoms with Crippen LogP contribution in [0.4, 0.5) is 18.9 Å². The third-order valence-corrected chi connectivity index (χ3v) is 3.26. The van der Waals surface area contributed by atoms with Crippen molar-refractivity contribution in [3.8, 4) is 0 Å². The molecule has 1 aromatic heterocycles. The van der Waals surface area contributed by atoms with Crippen molar-refractivity contribution < 1.29 is 31.9 Å². The molecule has 0 aliphatic heterocycles. The smallest absolute Gasteiger partial charge is 0.416 e. The maximum Gasteiger partial charge on any atom is 0.416 e. The lowest BCUT2D eigenvalue weighted by molar-refractivity contribution is -0.137. The first-order valence-corrected chi connectivity index (χ1v) is 6.98. The molecule has 0 saturated carbocycles. The van der Waals surface area contributed by atoms with E-state index in [-0.39, 0.29) is 16.5 Å². The summed E-state index contributed by atoms with van der Waals surface area (Å²) in [6, 6.07) is 5.31. The predicted molar refractivity (Wildman–Crippen MR) is 78.7 cm³/mol. The zero-order chi connectivity index (χ0) is 17.9. The SMILES string of the molecule is C[C@@H](OC(=O)c1ccco1)C(=O)Nc1cc(C(F)(F)F)ccc1Cl. The van der Waals surface area contributed by atoms with Crippen LogP contribution in [0.25, 0.3) is 0 Å². The van der Waals surface area contributed by atoms with Crippen molar-refractivity contribution in [2.45, 2.75) is 19.2 Å². The molecule has 2 rings (SSSR count). The van der Waals surface area contributed by atoms with Crippen LogP contribution < -0.4 is 5.32 Å². The van der Waals surface area contributed by atoms with E-state index in [1.54, 1.807) is 0 Å². The van der Waals surface area contributed by atoms with Crippen LogP contribution in [-0.4, -0.2) is 18.0 Å². The van der Waals surface area contributed by atoms with Crippen LogP contribution in [0, 0.1) is 0 Å². The van der Waals surface area contributed by atoms with Gasteiger partial charge in [0.25, 0.3) is 5.91 Å². The van der Waals surface area contributed by atoms with Crippen LogP contribution in [0.5, 0.6) is 0 Å². The number of alkyl halides is 3. The summed E-state index contributed by atoms with van der Waals surface area (Å²) in [6.07, 6.45) is -4.60. The van der Waals surface area contributed by atoms with Crippen LogP contribution in [0.15, 0.2) is 41.0 Å². The highest BCUT2D eigenvalue weighted by atomic mass is 35.5. The zero-order valence-electron chi connectivity index (χ0n) is 12.2. The van der Waals surface area contributed by atoms with Gasteiger partial charge in [-0.1, -0.05) is 11.6 Å². The van der Waals surface area contributed by atoms with Gasteiger partial charge in [-0.3, -0.25) is 4.79 Å². The fourth-order valence-electron chi connectivity index (χ4n) is 1.70. The average molecular weight is 362 g/mol. The van der Waals surface area contributed by atoms with Gasteiger partial charge in [0.15, 0.2) is 6.10 Å². The molecule has 24 heavy (non-hydrogen) atoms. The second-order valence-electron chi connectivity index (χ2n) is 4.71. The molecule has 1 atom stereocenters. The average Bonchev–Trinajstić information content (AvgIpc) is 3.02. The van der Waals surface area contributed by atoms with E-state index in [9.17, 15) is 22.8 Å². The standard InChI is InChI=1S/C15H11ClF3NO4/c1-8(24-14(22)12-3-2-6-23-12)13(21)20-11-7-9(15(17,18)19)4-5-10(11)16/h2-8H,1H3,(H,20,21)/t8-/m1/s1. The van der Waals surface area contributed by atoms with Gasteiger partial charge in [-0.2, -0.15) is 13.2 Å². The Balaban J connectivity index is 2.07.